The molecular formula is C100H147N7O32Si. The maximum Gasteiger partial charge on any atom is 0.407 e. The van der Waals surface area contributed by atoms with E-state index >= 15 is 0 Å². The van der Waals surface area contributed by atoms with Gasteiger partial charge in [-0.2, -0.15) is 0 Å². The molecule has 778 valence electrons. The van der Waals surface area contributed by atoms with Crippen LogP contribution in [0.3, 0.4) is 0 Å². The van der Waals surface area contributed by atoms with Gasteiger partial charge in [0.2, 0.25) is 0 Å². The van der Waals surface area contributed by atoms with Gasteiger partial charge in [0, 0.05) is 49.2 Å². The molecule has 5 aromatic rings. The average molecular weight is 1990 g/mol. The van der Waals surface area contributed by atoms with E-state index in [4.69, 9.17) is 118 Å². The van der Waals surface area contributed by atoms with E-state index in [9.17, 15) is 65.8 Å². The molecule has 39 atom stereocenters. The maximum absolute atomic E-state index is 13.9. The summed E-state index contributed by atoms with van der Waals surface area (Å²) in [6.07, 6.45) is -27.6. The van der Waals surface area contributed by atoms with E-state index in [1.807, 2.05) is 171 Å². The van der Waals surface area contributed by atoms with Gasteiger partial charge >= 0.3 is 12.2 Å². The third-order valence-electron chi connectivity index (χ3n) is 28.0. The van der Waals surface area contributed by atoms with Crippen molar-refractivity contribution in [3.05, 3.63) is 198 Å². The lowest BCUT2D eigenvalue weighted by Crippen LogP contribution is -2.68. The molecule has 1 unspecified atom stereocenters. The first-order valence-corrected chi connectivity index (χ1v) is 51.5. The van der Waals surface area contributed by atoms with Crippen LogP contribution in [0.1, 0.15) is 108 Å². The van der Waals surface area contributed by atoms with Gasteiger partial charge in [0.25, 0.3) is 0 Å². The fourth-order valence-corrected chi connectivity index (χ4v) is 19.4. The van der Waals surface area contributed by atoms with Crippen molar-refractivity contribution >= 4 is 26.6 Å². The standard InChI is InChI=1S/C66H88N2O18Si.C34H59N5O14/c1-40-34-47(68-65(74)78-37-45-29-18-11-19-30-45)55(83-61-42(3)53(71)56-49(81-61)38-76-62(84-56)46-31-21-12-22-32-46)58(51(40)69)86-63-59(75-33-23-13-20-26-43-24-14-9-15-25-43)57(50(82-63)39-79-87(7,8)66(4,5)6)85-60-41(2)52(70)54(72)48(80-60)35-67-64(73)77-36-44-27-16-10-17-28-44;35-12-18-24(43)26(45)21(38)32(48-18)52-29-20(14-41)50-34(31(29)47-10-6-2-5-9-15-7-3-1-4-8-15)53-30-23(42)16(36)11-17(37)28(30)51-33-22(39)27(46)25(44)19(13-40)49-33/h9-32,40-42,47-63,69-72H,33-39H2,1-8H3,(H,67,73)(H,68,74);1,3-4,7-8,16-34,40-46H,2,5-6,9-14,35-39H2/t40-,41-,42-,47+,48+,49-,50-,51+,52-,53-,54-,55-,56-,57-,58-,59-,60-,61-,62?,63+;16-,17+,18+,19-,20-,21-,22-,23+,24-,25-,26-,27-,28-,29-,30-,31-,32-,33-,34+/m11/s1. The SMILES string of the molecule is C[C@H]1[C@@H](O[C@H]2[C@@H](OCC=CC=Cc3ccccc3)[C@H](O[C@@H]3[C@@H](O)[C@H](C)C[C@H](NC(=O)OCc4ccccc4)[C@H]3O[C@H]3O[C@@H]4COC(c5ccccc5)O[C@H]4[C@H](O)[C@H]3C)O[C@@H]2CO[Si](C)(C)C(C)(C)C)O[C@@H](CNC(=O)OCc2ccccc2)[C@@H](O)[C@@H]1O.NC[C@@H]1O[C@H](O[C@H]2[C@@H](OCCCCCc3ccccc3)[C@H](O[C@@H]3[C@@H](O)[C@H](N)C[C@H](N)[C@H]3O[C@H]3O[C@H](CO)[C@@H](O)[C@H](O)[C@H]3N)O[C@@H]2CO)[C@H](N)[C@@H](O)[C@@H]1O. The Labute approximate surface area is 817 Å². The normalized spacial score (nSPS) is 38.1. The fraction of sp³-hybridized carbons (Fsp3) is 0.640. The Kier molecular flexibility index (Phi) is 40.8. The summed E-state index contributed by atoms with van der Waals surface area (Å²) in [5.74, 6) is -2.07. The van der Waals surface area contributed by atoms with Crippen LogP contribution in [0.2, 0.25) is 18.1 Å². The zero-order chi connectivity index (χ0) is 100. The molecule has 39 nitrogen and oxygen atoms in total. The number of fused-ring (bicyclic) bond motifs is 1. The topological polar surface area (TPSA) is 586 Å². The third kappa shape index (κ3) is 28.2. The Balaban J connectivity index is 0.000000266. The zero-order valence-corrected chi connectivity index (χ0v) is 81.5. The van der Waals surface area contributed by atoms with Crippen LogP contribution < -0.4 is 39.3 Å². The van der Waals surface area contributed by atoms with Crippen molar-refractivity contribution in [3.63, 3.8) is 0 Å². The molecule has 0 spiro atoms. The monoisotopic (exact) mass is 1990 g/mol. The number of hydrogen-bond donors (Lipinski definition) is 18. The molecule has 140 heavy (non-hydrogen) atoms. The minimum absolute atomic E-state index is 0.00682. The van der Waals surface area contributed by atoms with Crippen LogP contribution in [-0.2, 0) is 109 Å². The van der Waals surface area contributed by atoms with Crippen LogP contribution in [0.4, 0.5) is 9.59 Å². The van der Waals surface area contributed by atoms with Crippen LogP contribution in [-0.4, -0.2) is 344 Å². The second-order valence-corrected chi connectivity index (χ2v) is 44.0. The number of hydrogen-bond acceptors (Lipinski definition) is 37. The number of carbonyl (C=O) groups excluding carboxylic acids is 2. The minimum atomic E-state index is -2.52. The summed E-state index contributed by atoms with van der Waals surface area (Å²) in [6.45, 7) is 14.5. The van der Waals surface area contributed by atoms with Gasteiger partial charge in [-0.15, -0.1) is 0 Å². The lowest BCUT2D eigenvalue weighted by atomic mass is 9.80. The number of nitrogens with two attached hydrogens (primary N) is 5. The highest BCUT2D eigenvalue weighted by Gasteiger charge is 2.60. The Hall–Kier alpha value is -6.98. The van der Waals surface area contributed by atoms with Crippen molar-refractivity contribution in [2.75, 3.05) is 52.7 Å². The van der Waals surface area contributed by atoms with E-state index < -0.39 is 272 Å². The van der Waals surface area contributed by atoms with Crippen molar-refractivity contribution in [2.45, 2.75) is 332 Å². The van der Waals surface area contributed by atoms with E-state index in [1.54, 1.807) is 13.8 Å². The number of unbranched alkanes of at least 4 members (excludes halogenated alkanes) is 2. The number of aliphatic hydroxyl groups excluding tert-OH is 11. The quantitative estimate of drug-likeness (QED) is 0.0153. The lowest BCUT2D eigenvalue weighted by Gasteiger charge is -2.50. The molecule has 7 heterocycles. The molecule has 0 bridgehead atoms. The van der Waals surface area contributed by atoms with E-state index in [2.05, 4.69) is 56.6 Å². The zero-order valence-electron chi connectivity index (χ0n) is 80.5. The van der Waals surface area contributed by atoms with Gasteiger partial charge in [-0.3, -0.25) is 0 Å². The van der Waals surface area contributed by atoms with Gasteiger partial charge in [-0.05, 0) is 78.4 Å². The highest BCUT2D eigenvalue weighted by molar-refractivity contribution is 6.74. The molecule has 14 rings (SSSR count). The second kappa shape index (κ2) is 51.9. The number of aliphatic hydroxyl groups is 11. The molecule has 7 aliphatic heterocycles. The molecule has 7 saturated heterocycles. The molecule has 2 aliphatic carbocycles. The molecule has 2 saturated carbocycles. The fourth-order valence-electron chi connectivity index (χ4n) is 18.4. The first-order valence-electron chi connectivity index (χ1n) is 48.6. The molecule has 0 radical (unpaired) electrons. The number of ether oxygens (including phenoxy) is 18. The average Bonchev–Trinajstić information content (AvgIpc) is 1.61. The van der Waals surface area contributed by atoms with Crippen molar-refractivity contribution in [1.29, 1.82) is 0 Å². The van der Waals surface area contributed by atoms with Crippen molar-refractivity contribution in [1.82, 2.24) is 10.6 Å². The molecule has 23 N–H and O–H groups in total. The smallest absolute Gasteiger partial charge is 0.407 e. The van der Waals surface area contributed by atoms with Crippen LogP contribution >= 0.6 is 0 Å². The van der Waals surface area contributed by atoms with Crippen LogP contribution in [0.25, 0.3) is 6.08 Å². The van der Waals surface area contributed by atoms with E-state index in [1.165, 1.54) is 5.56 Å². The Bertz CT molecular complexity index is 4560. The Morgan fingerprint density at radius 1 is 0.471 bits per heavy atom. The summed E-state index contributed by atoms with van der Waals surface area (Å²) >= 11 is 0. The second-order valence-electron chi connectivity index (χ2n) is 39.2. The molecule has 40 heteroatoms. The number of amides is 2. The van der Waals surface area contributed by atoms with E-state index in [0.717, 1.165) is 41.5 Å². The van der Waals surface area contributed by atoms with Crippen molar-refractivity contribution in [3.8, 4) is 0 Å². The number of benzene rings is 5. The van der Waals surface area contributed by atoms with Crippen molar-refractivity contribution < 1.29 is 155 Å². The highest BCUT2D eigenvalue weighted by Crippen LogP contribution is 2.45. The van der Waals surface area contributed by atoms with Gasteiger partial charge in [0.05, 0.1) is 75.6 Å². The number of aryl methyl sites for hydroxylation is 1. The molecule has 9 fully saturated rings. The number of carbonyl (C=O) groups is 2. The molecule has 2 amide bonds. The summed E-state index contributed by atoms with van der Waals surface area (Å²) in [6, 6.07) is 42.7. The van der Waals surface area contributed by atoms with Gasteiger partial charge in [0.1, 0.15) is 135 Å². The van der Waals surface area contributed by atoms with E-state index in [0.29, 0.717) is 6.42 Å². The van der Waals surface area contributed by atoms with E-state index in [-0.39, 0.29) is 70.6 Å². The predicted octanol–water partition coefficient (Wildman–Crippen LogP) is 2.66. The summed E-state index contributed by atoms with van der Waals surface area (Å²) in [5, 5.41) is 126. The Morgan fingerprint density at radius 2 is 0.971 bits per heavy atom. The third-order valence-corrected chi connectivity index (χ3v) is 32.5. The summed E-state index contributed by atoms with van der Waals surface area (Å²) in [7, 11) is -2.52. The largest absolute Gasteiger partial charge is 0.445 e. The van der Waals surface area contributed by atoms with Crippen LogP contribution in [0.5, 0.6) is 0 Å². The first-order chi connectivity index (χ1) is 67.1. The predicted molar refractivity (Wildman–Crippen MR) is 507 cm³/mol. The van der Waals surface area contributed by atoms with Gasteiger partial charge in [-0.25, -0.2) is 9.59 Å². The van der Waals surface area contributed by atoms with Crippen LogP contribution in [0, 0.1) is 17.8 Å². The maximum atomic E-state index is 13.9. The minimum Gasteiger partial charge on any atom is -0.445 e. The molecule has 5 aromatic carbocycles. The first kappa shape index (κ1) is 110. The summed E-state index contributed by atoms with van der Waals surface area (Å²) in [5.41, 5.74) is 35.4. The summed E-state index contributed by atoms with van der Waals surface area (Å²) < 4.78 is 121. The van der Waals surface area contributed by atoms with Crippen molar-refractivity contribution in [2.24, 2.45) is 46.4 Å². The van der Waals surface area contributed by atoms with Gasteiger partial charge in [-0.1, -0.05) is 224 Å². The van der Waals surface area contributed by atoms with Gasteiger partial charge in [0.15, 0.2) is 52.3 Å². The highest BCUT2D eigenvalue weighted by atomic mass is 28.4. The number of rotatable bonds is 38. The molecule has 0 aromatic heterocycles. The molecular weight excluding hydrogens is 1840 g/mol. The molecule has 9 aliphatic rings. The Morgan fingerprint density at radius 3 is 1.59 bits per heavy atom. The van der Waals surface area contributed by atoms with Gasteiger partial charge < -0.3 is 185 Å². The summed E-state index contributed by atoms with van der Waals surface area (Å²) in [4.78, 5) is 26.9. The lowest BCUT2D eigenvalue weighted by molar-refractivity contribution is -0.366. The van der Waals surface area contributed by atoms with Crippen LogP contribution in [0.15, 0.2) is 170 Å². The number of nitrogens with one attached hydrogen (secondary N) is 2. The number of alkyl carbamates (subject to hydrolysis) is 2. The number of allylic oxidation sites excluding steroid dienone is 2.